The lowest BCUT2D eigenvalue weighted by Crippen LogP contribution is -2.30. The molecule has 0 bridgehead atoms. The van der Waals surface area contributed by atoms with E-state index in [1.54, 1.807) is 6.20 Å². The molecule has 0 aliphatic rings. The van der Waals surface area contributed by atoms with E-state index >= 15 is 0 Å². The van der Waals surface area contributed by atoms with Gasteiger partial charge in [-0.1, -0.05) is 0 Å². The second kappa shape index (κ2) is 7.19. The zero-order valence-corrected chi connectivity index (χ0v) is 10.7. The fourth-order valence-electron chi connectivity index (χ4n) is 1.57. The molecule has 0 atom stereocenters. The summed E-state index contributed by atoms with van der Waals surface area (Å²) in [6.07, 6.45) is 3.03. The lowest BCUT2D eigenvalue weighted by molar-refractivity contribution is -0.167. The molecule has 0 radical (unpaired) electrons. The van der Waals surface area contributed by atoms with E-state index in [0.29, 0.717) is 13.2 Å². The maximum Gasteiger partial charge on any atom is 0.218 e. The predicted molar refractivity (Wildman–Crippen MR) is 63.7 cm³/mol. The highest BCUT2D eigenvalue weighted by atomic mass is 16.7. The van der Waals surface area contributed by atoms with Gasteiger partial charge in [-0.25, -0.2) is 4.98 Å². The van der Waals surface area contributed by atoms with Gasteiger partial charge in [-0.2, -0.15) is 0 Å². The maximum absolute atomic E-state index is 12.0. The van der Waals surface area contributed by atoms with Crippen LogP contribution < -0.4 is 0 Å². The van der Waals surface area contributed by atoms with E-state index in [4.69, 9.17) is 9.47 Å². The van der Waals surface area contributed by atoms with Gasteiger partial charge in [0.25, 0.3) is 0 Å². The van der Waals surface area contributed by atoms with E-state index in [2.05, 4.69) is 4.98 Å². The van der Waals surface area contributed by atoms with Crippen molar-refractivity contribution in [2.75, 3.05) is 13.2 Å². The number of aromatic nitrogens is 2. The van der Waals surface area contributed by atoms with E-state index in [1.165, 1.54) is 0 Å². The molecule has 1 aromatic rings. The van der Waals surface area contributed by atoms with Crippen LogP contribution in [0.5, 0.6) is 0 Å². The van der Waals surface area contributed by atoms with Crippen molar-refractivity contribution in [1.82, 2.24) is 9.55 Å². The Kier molecular flexibility index (Phi) is 5.86. The van der Waals surface area contributed by atoms with Gasteiger partial charge in [0.2, 0.25) is 6.29 Å². The molecular weight excluding hydrogens is 220 g/mol. The minimum absolute atomic E-state index is 0.0883. The summed E-state index contributed by atoms with van der Waals surface area (Å²) in [5.41, 5.74) is 0. The summed E-state index contributed by atoms with van der Waals surface area (Å²) >= 11 is 0. The molecule has 17 heavy (non-hydrogen) atoms. The standard InChI is InChI=1S/C12H20N2O3/c1-4-14-8-7-13-11(14)9-10(15)12(16-5-2)17-6-3/h7-8,12H,4-6,9H2,1-3H3. The third-order valence-electron chi connectivity index (χ3n) is 2.37. The SMILES string of the molecule is CCOC(OCC)C(=O)Cc1nccn1CC. The van der Waals surface area contributed by atoms with E-state index in [1.807, 2.05) is 31.5 Å². The monoisotopic (exact) mass is 240 g/mol. The van der Waals surface area contributed by atoms with Crippen LogP contribution >= 0.6 is 0 Å². The van der Waals surface area contributed by atoms with Crippen LogP contribution in [0.4, 0.5) is 0 Å². The first-order valence-corrected chi connectivity index (χ1v) is 5.98. The molecule has 1 aromatic heterocycles. The van der Waals surface area contributed by atoms with Crippen molar-refractivity contribution < 1.29 is 14.3 Å². The number of carbonyl (C=O) groups is 1. The van der Waals surface area contributed by atoms with Crippen LogP contribution in [0.3, 0.4) is 0 Å². The van der Waals surface area contributed by atoms with Crippen LogP contribution in [0.25, 0.3) is 0 Å². The molecule has 0 aliphatic heterocycles. The topological polar surface area (TPSA) is 53.4 Å². The first-order chi connectivity index (χ1) is 8.22. The average molecular weight is 240 g/mol. The number of imidazole rings is 1. The number of aryl methyl sites for hydroxylation is 1. The van der Waals surface area contributed by atoms with Crippen molar-refractivity contribution in [2.45, 2.75) is 40.0 Å². The van der Waals surface area contributed by atoms with Crippen LogP contribution in [-0.4, -0.2) is 34.8 Å². The summed E-state index contributed by atoms with van der Waals surface area (Å²) in [6.45, 7) is 7.41. The van der Waals surface area contributed by atoms with E-state index in [0.717, 1.165) is 12.4 Å². The highest BCUT2D eigenvalue weighted by molar-refractivity contribution is 5.83. The van der Waals surface area contributed by atoms with Gasteiger partial charge in [0, 0.05) is 32.2 Å². The molecule has 0 N–H and O–H groups in total. The van der Waals surface area contributed by atoms with Gasteiger partial charge in [-0.3, -0.25) is 4.79 Å². The van der Waals surface area contributed by atoms with Crippen molar-refractivity contribution in [1.29, 1.82) is 0 Å². The maximum atomic E-state index is 12.0. The number of ether oxygens (including phenoxy) is 2. The molecule has 1 heterocycles. The van der Waals surface area contributed by atoms with E-state index < -0.39 is 6.29 Å². The molecule has 0 unspecified atom stereocenters. The predicted octanol–water partition coefficient (Wildman–Crippen LogP) is 1.41. The summed E-state index contributed by atoms with van der Waals surface area (Å²) in [5.74, 6) is 0.663. The minimum atomic E-state index is -0.771. The highest BCUT2D eigenvalue weighted by Gasteiger charge is 2.20. The summed E-state index contributed by atoms with van der Waals surface area (Å²) in [7, 11) is 0. The van der Waals surface area contributed by atoms with E-state index in [9.17, 15) is 4.79 Å². The first kappa shape index (κ1) is 13.9. The first-order valence-electron chi connectivity index (χ1n) is 5.98. The molecule has 0 spiro atoms. The van der Waals surface area contributed by atoms with Gasteiger partial charge in [-0.05, 0) is 20.8 Å². The number of hydrogen-bond donors (Lipinski definition) is 0. The van der Waals surface area contributed by atoms with Gasteiger partial charge in [0.15, 0.2) is 5.78 Å². The van der Waals surface area contributed by atoms with Gasteiger partial charge in [0.05, 0.1) is 6.42 Å². The van der Waals surface area contributed by atoms with Gasteiger partial charge >= 0.3 is 0 Å². The molecule has 0 fully saturated rings. The van der Waals surface area contributed by atoms with Crippen LogP contribution in [-0.2, 0) is 27.2 Å². The number of nitrogens with zero attached hydrogens (tertiary/aromatic N) is 2. The molecule has 0 saturated carbocycles. The Morgan fingerprint density at radius 3 is 2.53 bits per heavy atom. The molecule has 96 valence electrons. The van der Waals surface area contributed by atoms with Crippen LogP contribution in [0.1, 0.15) is 26.6 Å². The third-order valence-corrected chi connectivity index (χ3v) is 2.37. The number of rotatable bonds is 8. The van der Waals surface area contributed by atoms with Crippen molar-refractivity contribution in [3.05, 3.63) is 18.2 Å². The quantitative estimate of drug-likeness (QED) is 0.645. The summed E-state index contributed by atoms with van der Waals surface area (Å²) in [5, 5.41) is 0. The zero-order chi connectivity index (χ0) is 12.7. The Hall–Kier alpha value is -1.20. The molecule has 0 aromatic carbocycles. The fraction of sp³-hybridized carbons (Fsp3) is 0.667. The lowest BCUT2D eigenvalue weighted by atomic mass is 10.2. The van der Waals surface area contributed by atoms with Gasteiger partial charge in [0.1, 0.15) is 5.82 Å². The van der Waals surface area contributed by atoms with Crippen molar-refractivity contribution >= 4 is 5.78 Å². The molecule has 0 saturated heterocycles. The Morgan fingerprint density at radius 2 is 2.00 bits per heavy atom. The van der Waals surface area contributed by atoms with Crippen LogP contribution in [0.15, 0.2) is 12.4 Å². The Balaban J connectivity index is 2.62. The summed E-state index contributed by atoms with van der Waals surface area (Å²) < 4.78 is 12.5. The van der Waals surface area contributed by atoms with Crippen molar-refractivity contribution in [2.24, 2.45) is 0 Å². The number of carbonyl (C=O) groups excluding carboxylic acids is 1. The number of ketones is 1. The van der Waals surface area contributed by atoms with Gasteiger partial charge < -0.3 is 14.0 Å². The minimum Gasteiger partial charge on any atom is -0.346 e. The third kappa shape index (κ3) is 3.94. The second-order valence-electron chi connectivity index (χ2n) is 3.52. The summed E-state index contributed by atoms with van der Waals surface area (Å²) in [4.78, 5) is 16.1. The highest BCUT2D eigenvalue weighted by Crippen LogP contribution is 2.05. The second-order valence-corrected chi connectivity index (χ2v) is 3.52. The largest absolute Gasteiger partial charge is 0.346 e. The Morgan fingerprint density at radius 1 is 1.35 bits per heavy atom. The smallest absolute Gasteiger partial charge is 0.218 e. The molecule has 1 rings (SSSR count). The van der Waals surface area contributed by atoms with Crippen LogP contribution in [0.2, 0.25) is 0 Å². The van der Waals surface area contributed by atoms with E-state index in [-0.39, 0.29) is 12.2 Å². The molecule has 0 amide bonds. The molecular formula is C12H20N2O3. The van der Waals surface area contributed by atoms with Gasteiger partial charge in [-0.15, -0.1) is 0 Å². The normalized spacial score (nSPS) is 11.1. The van der Waals surface area contributed by atoms with Crippen LogP contribution in [0, 0.1) is 0 Å². The Labute approximate surface area is 102 Å². The zero-order valence-electron chi connectivity index (χ0n) is 10.7. The average Bonchev–Trinajstić information content (AvgIpc) is 2.76. The van der Waals surface area contributed by atoms with Crippen molar-refractivity contribution in [3.63, 3.8) is 0 Å². The summed E-state index contributed by atoms with van der Waals surface area (Å²) in [6, 6.07) is 0. The number of Topliss-reactive ketones (excluding diaryl/α,β-unsaturated/α-hetero) is 1. The molecule has 5 nitrogen and oxygen atoms in total. The number of hydrogen-bond acceptors (Lipinski definition) is 4. The Bertz CT molecular complexity index is 343. The molecule has 0 aliphatic carbocycles. The fourth-order valence-corrected chi connectivity index (χ4v) is 1.57. The lowest BCUT2D eigenvalue weighted by Gasteiger charge is -2.15. The van der Waals surface area contributed by atoms with Crippen molar-refractivity contribution in [3.8, 4) is 0 Å². The molecule has 5 heteroatoms.